The van der Waals surface area contributed by atoms with E-state index in [1.165, 1.54) is 16.7 Å². The highest BCUT2D eigenvalue weighted by molar-refractivity contribution is 7.20. The van der Waals surface area contributed by atoms with Gasteiger partial charge in [-0.15, -0.1) is 0 Å². The molecule has 0 aliphatic carbocycles. The number of rotatable bonds is 8. The predicted octanol–water partition coefficient (Wildman–Crippen LogP) is 15.4. The molecule has 0 spiro atoms. The fourth-order valence-corrected chi connectivity index (χ4v) is 8.65. The SMILES string of the molecule is CC(C)c1ccc(-c2cncc[n+]2Cc2ccccc2)cc1.FC(F)(F)c1cc([B-](c2cc(C(F)(F)F)cc(C(F)(F)F)c2)(c2cc(C(F)(F)F)cc(C(F)(F)F)c2)c2cc(C(F)(F)F)cc(C(F)(F)F)c2)cc(C(F)(F)F)c1. The van der Waals surface area contributed by atoms with Gasteiger partial charge in [0.2, 0.25) is 5.69 Å². The van der Waals surface area contributed by atoms with Gasteiger partial charge in [0.05, 0.1) is 56.9 Å². The molecular weight excluding hydrogens is 1120 g/mol. The number of alkyl halides is 24. The zero-order valence-electron chi connectivity index (χ0n) is 39.7. The van der Waals surface area contributed by atoms with Crippen molar-refractivity contribution in [3.05, 3.63) is 202 Å². The molecule has 6 aromatic carbocycles. The third-order valence-corrected chi connectivity index (χ3v) is 12.3. The van der Waals surface area contributed by atoms with E-state index in [0.29, 0.717) is 5.92 Å². The maximum absolute atomic E-state index is 14.2. The molecule has 0 fully saturated rings. The Balaban J connectivity index is 0.000000378. The lowest BCUT2D eigenvalue weighted by Crippen LogP contribution is -2.75. The van der Waals surface area contributed by atoms with E-state index in [2.05, 4.69) is 71.9 Å². The largest absolute Gasteiger partial charge is 0.416 e. The smallest absolute Gasteiger partial charge is 0.252 e. The van der Waals surface area contributed by atoms with Crippen LogP contribution in [0.25, 0.3) is 11.3 Å². The van der Waals surface area contributed by atoms with E-state index < -0.39 is 195 Å². The van der Waals surface area contributed by atoms with E-state index in [1.807, 2.05) is 24.7 Å². The molecule has 7 rings (SSSR count). The van der Waals surface area contributed by atoms with Crippen molar-refractivity contribution in [2.24, 2.45) is 0 Å². The zero-order chi connectivity index (χ0) is 59.3. The molecule has 0 unspecified atom stereocenters. The van der Waals surface area contributed by atoms with Gasteiger partial charge in [-0.1, -0.05) is 105 Å². The van der Waals surface area contributed by atoms with Crippen molar-refractivity contribution in [3.8, 4) is 11.3 Å². The van der Waals surface area contributed by atoms with E-state index in [1.54, 1.807) is 0 Å². The second kappa shape index (κ2) is 21.4. The van der Waals surface area contributed by atoms with Gasteiger partial charge in [0.1, 0.15) is 6.15 Å². The first-order valence-electron chi connectivity index (χ1n) is 22.3. The van der Waals surface area contributed by atoms with Gasteiger partial charge in [0.15, 0.2) is 12.7 Å². The van der Waals surface area contributed by atoms with Crippen molar-refractivity contribution in [2.75, 3.05) is 0 Å². The van der Waals surface area contributed by atoms with Crippen LogP contribution in [0.4, 0.5) is 105 Å². The maximum atomic E-state index is 14.2. The Morgan fingerprint density at radius 2 is 0.658 bits per heavy atom. The van der Waals surface area contributed by atoms with Crippen LogP contribution in [-0.2, 0) is 56.0 Å². The Morgan fingerprint density at radius 1 is 0.380 bits per heavy atom. The molecule has 0 N–H and O–H groups in total. The first-order chi connectivity index (χ1) is 36.0. The van der Waals surface area contributed by atoms with Crippen LogP contribution in [0.1, 0.15) is 75.4 Å². The number of hydrogen-bond acceptors (Lipinski definition) is 1. The molecule has 0 radical (unpaired) electrons. The molecule has 0 saturated carbocycles. The third-order valence-electron chi connectivity index (χ3n) is 12.3. The van der Waals surface area contributed by atoms with Crippen LogP contribution < -0.4 is 26.4 Å². The number of nitrogens with zero attached hydrogens (tertiary/aromatic N) is 2. The fourth-order valence-electron chi connectivity index (χ4n) is 8.65. The molecule has 2 nitrogen and oxygen atoms in total. The van der Waals surface area contributed by atoms with E-state index in [-0.39, 0.29) is 0 Å². The highest BCUT2D eigenvalue weighted by atomic mass is 19.4. The molecule has 79 heavy (non-hydrogen) atoms. The van der Waals surface area contributed by atoms with Crippen molar-refractivity contribution < 1.29 is 110 Å². The average molecular weight is 1150 g/mol. The maximum Gasteiger partial charge on any atom is 0.416 e. The minimum absolute atomic E-state index is 0.555. The van der Waals surface area contributed by atoms with Gasteiger partial charge in [0, 0.05) is 11.1 Å². The number of halogens is 24. The molecule has 1 aromatic heterocycles. The van der Waals surface area contributed by atoms with Crippen molar-refractivity contribution in [1.82, 2.24) is 4.98 Å². The van der Waals surface area contributed by atoms with Gasteiger partial charge in [0.25, 0.3) is 0 Å². The lowest BCUT2D eigenvalue weighted by Gasteiger charge is -2.46. The molecule has 7 aromatic rings. The normalized spacial score (nSPS) is 13.4. The lowest BCUT2D eigenvalue weighted by molar-refractivity contribution is -0.678. The standard InChI is InChI=1S/C32H12BF24.C20H21N2/c34-25(35,36)13-1-14(26(37,38)39)6-21(5-13)33(22-7-15(27(40,41)42)2-16(8-22)28(43,44)45,23-9-17(29(46,47)48)3-18(10-23)30(49,50)51)24-11-19(31(52,53)54)4-20(12-24)32(55,56)57;1-16(2)18-8-10-19(11-9-18)20-14-21-12-13-22(20)15-17-6-4-3-5-7-17/h1-12H;3-14,16H,15H2,1-2H3/q-1;+1. The third kappa shape index (κ3) is 14.2. The molecule has 0 bridgehead atoms. The van der Waals surface area contributed by atoms with E-state index in [4.69, 9.17) is 0 Å². The number of benzene rings is 6. The zero-order valence-corrected chi connectivity index (χ0v) is 39.7. The quantitative estimate of drug-likeness (QED) is 0.0842. The Kier molecular flexibility index (Phi) is 16.6. The summed E-state index contributed by atoms with van der Waals surface area (Å²) in [6, 6.07) is 10.5. The van der Waals surface area contributed by atoms with Crippen LogP contribution in [0, 0.1) is 0 Å². The summed E-state index contributed by atoms with van der Waals surface area (Å²) >= 11 is 0. The Morgan fingerprint density at radius 3 is 0.911 bits per heavy atom. The summed E-state index contributed by atoms with van der Waals surface area (Å²) in [5.74, 6) is 0.555. The minimum atomic E-state index is -6.13. The molecule has 27 heteroatoms. The molecular formula is C52H33BF24N2. The van der Waals surface area contributed by atoms with E-state index in [9.17, 15) is 105 Å². The molecule has 0 aliphatic rings. The van der Waals surface area contributed by atoms with Gasteiger partial charge in [-0.05, 0) is 47.9 Å². The summed E-state index contributed by atoms with van der Waals surface area (Å²) in [7, 11) is 0. The topological polar surface area (TPSA) is 16.8 Å². The first-order valence-corrected chi connectivity index (χ1v) is 22.3. The Labute approximate surface area is 430 Å². The monoisotopic (exact) mass is 1150 g/mol. The molecule has 0 saturated heterocycles. The lowest BCUT2D eigenvalue weighted by atomic mass is 9.12. The minimum Gasteiger partial charge on any atom is -0.252 e. The van der Waals surface area contributed by atoms with Crippen LogP contribution in [0.2, 0.25) is 0 Å². The molecule has 0 atom stereocenters. The molecule has 0 amide bonds. The molecule has 1 heterocycles. The van der Waals surface area contributed by atoms with Gasteiger partial charge in [-0.25, -0.2) is 0 Å². The van der Waals surface area contributed by atoms with Crippen LogP contribution in [0.3, 0.4) is 0 Å². The van der Waals surface area contributed by atoms with E-state index in [0.717, 1.165) is 12.2 Å². The van der Waals surface area contributed by atoms with Gasteiger partial charge in [-0.3, -0.25) is 4.98 Å². The van der Waals surface area contributed by atoms with Gasteiger partial charge < -0.3 is 0 Å². The highest BCUT2D eigenvalue weighted by Crippen LogP contribution is 2.41. The number of aromatic nitrogens is 2. The van der Waals surface area contributed by atoms with Crippen molar-refractivity contribution in [3.63, 3.8) is 0 Å². The van der Waals surface area contributed by atoms with Crippen LogP contribution in [0.5, 0.6) is 0 Å². The van der Waals surface area contributed by atoms with Gasteiger partial charge in [-0.2, -0.15) is 132 Å². The highest BCUT2D eigenvalue weighted by Gasteiger charge is 2.47. The molecule has 422 valence electrons. The predicted molar refractivity (Wildman–Crippen MR) is 240 cm³/mol. The summed E-state index contributed by atoms with van der Waals surface area (Å²) < 4.78 is 343. The van der Waals surface area contributed by atoms with Gasteiger partial charge >= 0.3 is 49.4 Å². The Bertz CT molecular complexity index is 2830. The summed E-state index contributed by atoms with van der Waals surface area (Å²) in [6.45, 7) is 5.29. The van der Waals surface area contributed by atoms with E-state index >= 15 is 0 Å². The molecule has 0 aliphatic heterocycles. The summed E-state index contributed by atoms with van der Waals surface area (Å²) in [6.07, 6.45) is -49.0. The second-order valence-electron chi connectivity index (χ2n) is 18.1. The van der Waals surface area contributed by atoms with Crippen molar-refractivity contribution >= 4 is 28.0 Å². The Hall–Kier alpha value is -7.22. The second-order valence-corrected chi connectivity index (χ2v) is 18.1. The van der Waals surface area contributed by atoms with Crippen LogP contribution in [0.15, 0.2) is 146 Å². The van der Waals surface area contributed by atoms with Crippen molar-refractivity contribution in [2.45, 2.75) is 75.7 Å². The fraction of sp³-hybridized carbons (Fsp3) is 0.231. The summed E-state index contributed by atoms with van der Waals surface area (Å²) in [4.78, 5) is 4.30. The van der Waals surface area contributed by atoms with Crippen molar-refractivity contribution in [1.29, 1.82) is 0 Å². The summed E-state index contributed by atoms with van der Waals surface area (Å²) in [5.41, 5.74) is -25.2. The summed E-state index contributed by atoms with van der Waals surface area (Å²) in [5, 5.41) is 0. The number of hydrogen-bond donors (Lipinski definition) is 0. The van der Waals surface area contributed by atoms with Crippen LogP contribution in [-0.4, -0.2) is 11.1 Å². The van der Waals surface area contributed by atoms with Crippen LogP contribution >= 0.6 is 0 Å². The first kappa shape index (κ1) is 61.0. The average Bonchev–Trinajstić information content (AvgIpc) is 3.53.